The van der Waals surface area contributed by atoms with Crippen molar-refractivity contribution in [2.45, 2.75) is 18.9 Å². The molecule has 0 spiro atoms. The van der Waals surface area contributed by atoms with Crippen LogP contribution >= 0.6 is 0 Å². The van der Waals surface area contributed by atoms with Crippen LogP contribution in [-0.2, 0) is 4.79 Å². The molecule has 1 amide bonds. The smallest absolute Gasteiger partial charge is 0.323 e. The van der Waals surface area contributed by atoms with E-state index in [1.165, 1.54) is 0 Å². The summed E-state index contributed by atoms with van der Waals surface area (Å²) < 4.78 is 13.2. The van der Waals surface area contributed by atoms with Crippen molar-refractivity contribution >= 4 is 17.6 Å². The Labute approximate surface area is 112 Å². The fraction of sp³-hybridized carbons (Fsp3) is 0.333. The normalized spacial score (nSPS) is 13.8. The third kappa shape index (κ3) is 2.90. The van der Waals surface area contributed by atoms with Gasteiger partial charge in [-0.2, -0.15) is 4.39 Å². The summed E-state index contributed by atoms with van der Waals surface area (Å²) >= 11 is 0. The van der Waals surface area contributed by atoms with Crippen LogP contribution in [0.15, 0.2) is 18.2 Å². The van der Waals surface area contributed by atoms with Crippen LogP contribution in [0.5, 0.6) is 0 Å². The average molecular weight is 282 g/mol. The molecule has 8 heteroatoms. The van der Waals surface area contributed by atoms with Gasteiger partial charge in [-0.25, -0.2) is 0 Å². The highest BCUT2D eigenvalue weighted by Gasteiger charge is 2.35. The minimum atomic E-state index is -1.16. The Morgan fingerprint density at radius 3 is 2.60 bits per heavy atom. The van der Waals surface area contributed by atoms with Gasteiger partial charge < -0.3 is 10.0 Å². The SMILES string of the molecule is O=C(O)CN(C(=O)c1ccc(F)c([N+](=O)[O-])c1)C1CC1. The van der Waals surface area contributed by atoms with Crippen LogP contribution in [0.25, 0.3) is 0 Å². The Balaban J connectivity index is 2.29. The Kier molecular flexibility index (Phi) is 3.64. The monoisotopic (exact) mass is 282 g/mol. The molecule has 0 bridgehead atoms. The number of nitrogens with zero attached hydrogens (tertiary/aromatic N) is 2. The molecule has 1 aromatic carbocycles. The minimum Gasteiger partial charge on any atom is -0.480 e. The number of aliphatic carboxylic acids is 1. The van der Waals surface area contributed by atoms with Crippen LogP contribution in [0.3, 0.4) is 0 Å². The van der Waals surface area contributed by atoms with E-state index >= 15 is 0 Å². The average Bonchev–Trinajstić information content (AvgIpc) is 3.19. The molecule has 0 saturated heterocycles. The maximum atomic E-state index is 13.2. The van der Waals surface area contributed by atoms with E-state index in [2.05, 4.69) is 0 Å². The Morgan fingerprint density at radius 1 is 1.45 bits per heavy atom. The topological polar surface area (TPSA) is 101 Å². The van der Waals surface area contributed by atoms with E-state index in [0.717, 1.165) is 23.1 Å². The number of carbonyl (C=O) groups excluding carboxylic acids is 1. The highest BCUT2D eigenvalue weighted by atomic mass is 19.1. The molecular formula is C12H11FN2O5. The fourth-order valence-electron chi connectivity index (χ4n) is 1.85. The molecule has 1 saturated carbocycles. The lowest BCUT2D eigenvalue weighted by molar-refractivity contribution is -0.387. The predicted octanol–water partition coefficient (Wildman–Crippen LogP) is 1.42. The highest BCUT2D eigenvalue weighted by Crippen LogP contribution is 2.29. The van der Waals surface area contributed by atoms with Crippen LogP contribution < -0.4 is 0 Å². The van der Waals surface area contributed by atoms with Gasteiger partial charge in [0.2, 0.25) is 5.82 Å². The number of halogens is 1. The second-order valence-electron chi connectivity index (χ2n) is 4.48. The van der Waals surface area contributed by atoms with Gasteiger partial charge in [-0.3, -0.25) is 19.7 Å². The number of carboxylic acids is 1. The van der Waals surface area contributed by atoms with E-state index in [9.17, 15) is 24.1 Å². The number of carbonyl (C=O) groups is 2. The number of hydrogen-bond acceptors (Lipinski definition) is 4. The lowest BCUT2D eigenvalue weighted by atomic mass is 10.1. The van der Waals surface area contributed by atoms with Gasteiger partial charge in [-0.15, -0.1) is 0 Å². The Hall–Kier alpha value is -2.51. The number of rotatable bonds is 5. The van der Waals surface area contributed by atoms with Crippen LogP contribution in [0.1, 0.15) is 23.2 Å². The quantitative estimate of drug-likeness (QED) is 0.650. The van der Waals surface area contributed by atoms with E-state index in [1.54, 1.807) is 0 Å². The first-order valence-corrected chi connectivity index (χ1v) is 5.87. The third-order valence-electron chi connectivity index (χ3n) is 2.94. The predicted molar refractivity (Wildman–Crippen MR) is 64.7 cm³/mol. The molecule has 1 aromatic rings. The standard InChI is InChI=1S/C12H11FN2O5/c13-9-4-1-7(5-10(9)15(19)20)12(18)14(6-11(16)17)8-2-3-8/h1,4-5,8H,2-3,6H2,(H,16,17). The second-order valence-corrected chi connectivity index (χ2v) is 4.48. The zero-order chi connectivity index (χ0) is 14.9. The first-order chi connectivity index (χ1) is 9.40. The van der Waals surface area contributed by atoms with Gasteiger partial charge in [0.05, 0.1) is 4.92 Å². The van der Waals surface area contributed by atoms with Crippen molar-refractivity contribution in [2.75, 3.05) is 6.54 Å². The van der Waals surface area contributed by atoms with E-state index in [-0.39, 0.29) is 11.6 Å². The molecule has 20 heavy (non-hydrogen) atoms. The Bertz CT molecular complexity index is 585. The molecule has 0 unspecified atom stereocenters. The van der Waals surface area contributed by atoms with Crippen LogP contribution in [0, 0.1) is 15.9 Å². The fourth-order valence-corrected chi connectivity index (χ4v) is 1.85. The number of hydrogen-bond donors (Lipinski definition) is 1. The zero-order valence-corrected chi connectivity index (χ0v) is 10.3. The number of benzene rings is 1. The summed E-state index contributed by atoms with van der Waals surface area (Å²) in [5, 5.41) is 19.4. The van der Waals surface area contributed by atoms with Gasteiger partial charge in [0.1, 0.15) is 6.54 Å². The largest absolute Gasteiger partial charge is 0.480 e. The first-order valence-electron chi connectivity index (χ1n) is 5.87. The summed E-state index contributed by atoms with van der Waals surface area (Å²) in [6, 6.07) is 2.61. The number of carboxylic acid groups (broad SMARTS) is 1. The van der Waals surface area contributed by atoms with Crippen molar-refractivity contribution in [1.29, 1.82) is 0 Å². The van der Waals surface area contributed by atoms with Gasteiger partial charge in [0, 0.05) is 17.7 Å². The van der Waals surface area contributed by atoms with Crippen molar-refractivity contribution in [1.82, 2.24) is 4.90 Å². The van der Waals surface area contributed by atoms with Gasteiger partial charge in [0.25, 0.3) is 5.91 Å². The van der Waals surface area contributed by atoms with E-state index in [1.807, 2.05) is 0 Å². The second kappa shape index (κ2) is 5.24. The van der Waals surface area contributed by atoms with Gasteiger partial charge >= 0.3 is 11.7 Å². The van der Waals surface area contributed by atoms with Gasteiger partial charge in [0.15, 0.2) is 0 Å². The van der Waals surface area contributed by atoms with Crippen LogP contribution in [0.4, 0.5) is 10.1 Å². The van der Waals surface area contributed by atoms with E-state index < -0.39 is 34.8 Å². The van der Waals surface area contributed by atoms with Crippen molar-refractivity contribution in [3.05, 3.63) is 39.7 Å². The lowest BCUT2D eigenvalue weighted by Crippen LogP contribution is -2.37. The van der Waals surface area contributed by atoms with Crippen molar-refractivity contribution in [3.63, 3.8) is 0 Å². The molecule has 1 aliphatic carbocycles. The summed E-state index contributed by atoms with van der Waals surface area (Å²) in [5.74, 6) is -2.84. The molecule has 0 radical (unpaired) electrons. The van der Waals surface area contributed by atoms with E-state index in [4.69, 9.17) is 5.11 Å². The van der Waals surface area contributed by atoms with Crippen LogP contribution in [0.2, 0.25) is 0 Å². The molecule has 106 valence electrons. The molecule has 0 atom stereocenters. The number of nitro benzene ring substituents is 1. The molecule has 7 nitrogen and oxygen atoms in total. The van der Waals surface area contributed by atoms with Crippen LogP contribution in [-0.4, -0.2) is 39.4 Å². The van der Waals surface area contributed by atoms with E-state index in [0.29, 0.717) is 12.8 Å². The molecule has 0 aliphatic heterocycles. The summed E-state index contributed by atoms with van der Waals surface area (Å²) in [5.41, 5.74) is -0.895. The third-order valence-corrected chi connectivity index (χ3v) is 2.94. The molecule has 1 fully saturated rings. The molecule has 1 N–H and O–H groups in total. The zero-order valence-electron chi connectivity index (χ0n) is 10.3. The molecule has 0 aromatic heterocycles. The lowest BCUT2D eigenvalue weighted by Gasteiger charge is -2.20. The maximum absolute atomic E-state index is 13.2. The molecular weight excluding hydrogens is 271 g/mol. The molecule has 1 aliphatic rings. The number of amides is 1. The summed E-state index contributed by atoms with van der Waals surface area (Å²) in [4.78, 5) is 33.8. The first kappa shape index (κ1) is 13.9. The highest BCUT2D eigenvalue weighted by molar-refractivity contribution is 5.96. The minimum absolute atomic E-state index is 0.0914. The summed E-state index contributed by atoms with van der Waals surface area (Å²) in [6.45, 7) is -0.478. The van der Waals surface area contributed by atoms with Crippen molar-refractivity contribution < 1.29 is 24.0 Å². The van der Waals surface area contributed by atoms with Crippen molar-refractivity contribution in [2.24, 2.45) is 0 Å². The van der Waals surface area contributed by atoms with Crippen molar-refractivity contribution in [3.8, 4) is 0 Å². The van der Waals surface area contributed by atoms with Gasteiger partial charge in [-0.05, 0) is 25.0 Å². The van der Waals surface area contributed by atoms with Gasteiger partial charge in [-0.1, -0.05) is 0 Å². The summed E-state index contributed by atoms with van der Waals surface area (Å²) in [7, 11) is 0. The molecule has 2 rings (SSSR count). The maximum Gasteiger partial charge on any atom is 0.323 e. The molecule has 0 heterocycles. The summed E-state index contributed by atoms with van der Waals surface area (Å²) in [6.07, 6.45) is 1.39. The Morgan fingerprint density at radius 2 is 2.10 bits per heavy atom. The number of nitro groups is 1.